The van der Waals surface area contributed by atoms with E-state index in [-0.39, 0.29) is 11.4 Å². The lowest BCUT2D eigenvalue weighted by molar-refractivity contribution is 0.318. The molecule has 0 aromatic heterocycles. The van der Waals surface area contributed by atoms with Crippen LogP contribution in [0.2, 0.25) is 0 Å². The van der Waals surface area contributed by atoms with Crippen LogP contribution in [0.4, 0.5) is 0 Å². The molecule has 0 aliphatic heterocycles. The maximum absolute atomic E-state index is 8.78. The van der Waals surface area contributed by atoms with Gasteiger partial charge in [0.05, 0.1) is 0 Å². The van der Waals surface area contributed by atoms with Gasteiger partial charge in [0, 0.05) is 17.6 Å². The van der Waals surface area contributed by atoms with Crippen LogP contribution in [-0.2, 0) is 6.54 Å². The summed E-state index contributed by atoms with van der Waals surface area (Å²) in [5.74, 6) is 0.155. The molecule has 0 atom stereocenters. The molecule has 4 nitrogen and oxygen atoms in total. The molecule has 1 aromatic rings. The molecular weight excluding hydrogens is 226 g/mol. The van der Waals surface area contributed by atoms with E-state index in [1.54, 1.807) is 0 Å². The molecule has 1 rings (SSSR count). The van der Waals surface area contributed by atoms with Gasteiger partial charge in [0.25, 0.3) is 0 Å². The van der Waals surface area contributed by atoms with E-state index in [4.69, 9.17) is 10.9 Å². The molecule has 4 heteroatoms. The second kappa shape index (κ2) is 6.40. The fourth-order valence-corrected chi connectivity index (χ4v) is 1.79. The van der Waals surface area contributed by atoms with Crippen molar-refractivity contribution in [1.29, 1.82) is 0 Å². The van der Waals surface area contributed by atoms with E-state index in [1.807, 2.05) is 24.3 Å². The van der Waals surface area contributed by atoms with Gasteiger partial charge in [-0.1, -0.05) is 43.3 Å². The molecule has 0 amide bonds. The van der Waals surface area contributed by atoms with Crippen LogP contribution in [0.15, 0.2) is 29.4 Å². The summed E-state index contributed by atoms with van der Waals surface area (Å²) in [7, 11) is 0. The second-order valence-electron chi connectivity index (χ2n) is 4.76. The molecule has 0 aliphatic rings. The van der Waals surface area contributed by atoms with Crippen LogP contribution in [-0.4, -0.2) is 16.6 Å². The van der Waals surface area contributed by atoms with Crippen LogP contribution in [0.25, 0.3) is 0 Å². The van der Waals surface area contributed by atoms with Crippen molar-refractivity contribution in [2.75, 3.05) is 0 Å². The Balaban J connectivity index is 2.85. The predicted octanol–water partition coefficient (Wildman–Crippen LogP) is 2.45. The molecule has 1 aromatic carbocycles. The first kappa shape index (κ1) is 14.5. The smallest absolute Gasteiger partial charge is 0.170 e. The summed E-state index contributed by atoms with van der Waals surface area (Å²) in [5.41, 5.74) is 7.62. The van der Waals surface area contributed by atoms with Crippen LogP contribution in [0.1, 0.15) is 44.7 Å². The van der Waals surface area contributed by atoms with Crippen LogP contribution in [0, 0.1) is 0 Å². The van der Waals surface area contributed by atoms with Gasteiger partial charge in [-0.15, -0.1) is 0 Å². The lowest BCUT2D eigenvalue weighted by atomic mass is 9.95. The third kappa shape index (κ3) is 3.47. The average molecular weight is 249 g/mol. The molecule has 100 valence electrons. The fourth-order valence-electron chi connectivity index (χ4n) is 1.79. The Morgan fingerprint density at radius 3 is 2.50 bits per heavy atom. The zero-order valence-electron chi connectivity index (χ0n) is 11.4. The topological polar surface area (TPSA) is 70.6 Å². The van der Waals surface area contributed by atoms with Gasteiger partial charge in [0.15, 0.2) is 5.84 Å². The number of nitrogens with zero attached hydrogens (tertiary/aromatic N) is 1. The third-order valence-electron chi connectivity index (χ3n) is 3.67. The Labute approximate surface area is 109 Å². The van der Waals surface area contributed by atoms with Gasteiger partial charge in [-0.2, -0.15) is 0 Å². The van der Waals surface area contributed by atoms with Crippen molar-refractivity contribution in [1.82, 2.24) is 5.32 Å². The summed E-state index contributed by atoms with van der Waals surface area (Å²) in [5, 5.41) is 15.4. The maximum atomic E-state index is 8.78. The van der Waals surface area contributed by atoms with Crippen molar-refractivity contribution >= 4 is 5.84 Å². The summed E-state index contributed by atoms with van der Waals surface area (Å²) < 4.78 is 0. The standard InChI is InChI=1S/C14H23N3O/c1-4-14(3,5-2)16-10-11-8-6-7-9-12(11)13(15)17-18/h6-9,16,18H,4-5,10H2,1-3H3,(H2,15,17). The zero-order chi connectivity index (χ0) is 13.6. The van der Waals surface area contributed by atoms with Crippen LogP contribution < -0.4 is 11.1 Å². The summed E-state index contributed by atoms with van der Waals surface area (Å²) in [6.07, 6.45) is 2.13. The van der Waals surface area contributed by atoms with Crippen molar-refractivity contribution in [3.05, 3.63) is 35.4 Å². The number of nitrogens with two attached hydrogens (primary N) is 1. The molecular formula is C14H23N3O. The molecule has 0 saturated heterocycles. The van der Waals surface area contributed by atoms with Crippen molar-refractivity contribution < 1.29 is 5.21 Å². The van der Waals surface area contributed by atoms with E-state index in [2.05, 4.69) is 31.2 Å². The van der Waals surface area contributed by atoms with E-state index >= 15 is 0 Å². The van der Waals surface area contributed by atoms with Gasteiger partial charge < -0.3 is 16.3 Å². The highest BCUT2D eigenvalue weighted by atomic mass is 16.4. The normalized spacial score (nSPS) is 12.7. The van der Waals surface area contributed by atoms with Crippen molar-refractivity contribution in [2.24, 2.45) is 10.9 Å². The van der Waals surface area contributed by atoms with Crippen molar-refractivity contribution in [3.63, 3.8) is 0 Å². The molecule has 0 saturated carbocycles. The molecule has 0 heterocycles. The van der Waals surface area contributed by atoms with Crippen LogP contribution >= 0.6 is 0 Å². The molecule has 0 unspecified atom stereocenters. The fraction of sp³-hybridized carbons (Fsp3) is 0.500. The highest BCUT2D eigenvalue weighted by Gasteiger charge is 2.19. The number of rotatable bonds is 6. The highest BCUT2D eigenvalue weighted by Crippen LogP contribution is 2.16. The SMILES string of the molecule is CCC(C)(CC)NCc1ccccc1/C(N)=N/O. The predicted molar refractivity (Wildman–Crippen MR) is 74.8 cm³/mol. The average Bonchev–Trinajstić information content (AvgIpc) is 2.44. The van der Waals surface area contributed by atoms with E-state index in [9.17, 15) is 0 Å². The monoisotopic (exact) mass is 249 g/mol. The first-order valence-corrected chi connectivity index (χ1v) is 6.37. The van der Waals surface area contributed by atoms with Gasteiger partial charge in [-0.05, 0) is 25.3 Å². The van der Waals surface area contributed by atoms with E-state index < -0.39 is 0 Å². The number of nitrogens with one attached hydrogen (secondary N) is 1. The Morgan fingerprint density at radius 1 is 1.33 bits per heavy atom. The van der Waals surface area contributed by atoms with Gasteiger partial charge in [0.1, 0.15) is 0 Å². The number of amidine groups is 1. The first-order valence-electron chi connectivity index (χ1n) is 6.37. The zero-order valence-corrected chi connectivity index (χ0v) is 11.4. The molecule has 0 aliphatic carbocycles. The second-order valence-corrected chi connectivity index (χ2v) is 4.76. The minimum absolute atomic E-state index is 0.123. The van der Waals surface area contributed by atoms with Gasteiger partial charge in [-0.25, -0.2) is 0 Å². The minimum Gasteiger partial charge on any atom is -0.409 e. The van der Waals surface area contributed by atoms with Crippen LogP contribution in [0.5, 0.6) is 0 Å². The molecule has 0 spiro atoms. The lowest BCUT2D eigenvalue weighted by Crippen LogP contribution is -2.40. The quantitative estimate of drug-likeness (QED) is 0.314. The van der Waals surface area contributed by atoms with E-state index in [0.29, 0.717) is 6.54 Å². The van der Waals surface area contributed by atoms with Gasteiger partial charge >= 0.3 is 0 Å². The number of hydrogen-bond donors (Lipinski definition) is 3. The highest BCUT2D eigenvalue weighted by molar-refractivity contribution is 5.98. The largest absolute Gasteiger partial charge is 0.409 e. The van der Waals surface area contributed by atoms with Crippen molar-refractivity contribution in [2.45, 2.75) is 45.7 Å². The molecule has 0 radical (unpaired) electrons. The van der Waals surface area contributed by atoms with E-state index in [1.165, 1.54) is 0 Å². The van der Waals surface area contributed by atoms with Crippen molar-refractivity contribution in [3.8, 4) is 0 Å². The Hall–Kier alpha value is -1.55. The molecule has 0 fully saturated rings. The molecule has 4 N–H and O–H groups in total. The number of oxime groups is 1. The molecule has 0 bridgehead atoms. The number of benzene rings is 1. The summed E-state index contributed by atoms with van der Waals surface area (Å²) >= 11 is 0. The Bertz CT molecular complexity index is 411. The lowest BCUT2D eigenvalue weighted by Gasteiger charge is -2.28. The van der Waals surface area contributed by atoms with Gasteiger partial charge in [0.2, 0.25) is 0 Å². The first-order chi connectivity index (χ1) is 8.56. The summed E-state index contributed by atoms with van der Waals surface area (Å²) in [6.45, 7) is 7.27. The summed E-state index contributed by atoms with van der Waals surface area (Å²) in [6, 6.07) is 7.70. The van der Waals surface area contributed by atoms with E-state index in [0.717, 1.165) is 24.0 Å². The third-order valence-corrected chi connectivity index (χ3v) is 3.67. The number of hydrogen-bond acceptors (Lipinski definition) is 3. The maximum Gasteiger partial charge on any atom is 0.170 e. The molecule has 18 heavy (non-hydrogen) atoms. The van der Waals surface area contributed by atoms with Crippen LogP contribution in [0.3, 0.4) is 0 Å². The minimum atomic E-state index is 0.123. The Morgan fingerprint density at radius 2 is 1.94 bits per heavy atom. The van der Waals surface area contributed by atoms with Gasteiger partial charge in [-0.3, -0.25) is 0 Å². The summed E-state index contributed by atoms with van der Waals surface area (Å²) in [4.78, 5) is 0. The Kier molecular flexibility index (Phi) is 5.16.